The number of hydrogen-bond acceptors (Lipinski definition) is 5. The lowest BCUT2D eigenvalue weighted by atomic mass is 10.1. The molecule has 0 saturated heterocycles. The number of rotatable bonds is 11. The van der Waals surface area contributed by atoms with E-state index in [0.29, 0.717) is 17.2 Å². The van der Waals surface area contributed by atoms with Gasteiger partial charge in [0.15, 0.2) is 0 Å². The minimum atomic E-state index is -4.19. The molecule has 3 rings (SSSR count). The second-order valence-corrected chi connectivity index (χ2v) is 11.0. The summed E-state index contributed by atoms with van der Waals surface area (Å²) in [5.74, 6) is -0.366. The largest absolute Gasteiger partial charge is 0.497 e. The van der Waals surface area contributed by atoms with Gasteiger partial charge in [-0.25, -0.2) is 8.42 Å². The van der Waals surface area contributed by atoms with E-state index in [-0.39, 0.29) is 23.0 Å². The zero-order valence-corrected chi connectivity index (χ0v) is 23.4. The van der Waals surface area contributed by atoms with E-state index in [1.165, 1.54) is 49.4 Å². The number of carbonyl (C=O) groups excluding carboxylic acids is 2. The molecule has 0 aromatic heterocycles. The number of amides is 2. The molecule has 3 aromatic rings. The maximum Gasteiger partial charge on any atom is 0.264 e. The number of anilines is 1. The van der Waals surface area contributed by atoms with Crippen LogP contribution in [-0.2, 0) is 26.2 Å². The maximum atomic E-state index is 13.9. The first-order valence-corrected chi connectivity index (χ1v) is 13.9. The van der Waals surface area contributed by atoms with E-state index in [1.807, 2.05) is 31.2 Å². The molecule has 0 heterocycles. The second-order valence-electron chi connectivity index (χ2n) is 8.72. The quantitative estimate of drug-likeness (QED) is 0.377. The van der Waals surface area contributed by atoms with Gasteiger partial charge in [-0.05, 0) is 61.4 Å². The summed E-state index contributed by atoms with van der Waals surface area (Å²) in [5.41, 5.74) is 2.06. The highest BCUT2D eigenvalue weighted by Gasteiger charge is 2.33. The summed E-state index contributed by atoms with van der Waals surface area (Å²) in [6.45, 7) is 3.35. The summed E-state index contributed by atoms with van der Waals surface area (Å²) >= 11 is 6.19. The standard InChI is InChI=1S/C28H32ClN3O5S/c1-5-26(28(34)30-3)31(18-21-9-6-8-20(2)16-21)27(33)19-32(23-11-7-10-22(29)17-23)38(35,36)25-14-12-24(37-4)13-15-25/h6-17,26H,5,18-19H2,1-4H3,(H,30,34). The Morgan fingerprint density at radius 2 is 1.71 bits per heavy atom. The average Bonchev–Trinajstić information content (AvgIpc) is 2.91. The molecule has 0 aliphatic heterocycles. The summed E-state index contributed by atoms with van der Waals surface area (Å²) < 4.78 is 33.8. The number of hydrogen-bond donors (Lipinski definition) is 1. The van der Waals surface area contributed by atoms with Crippen LogP contribution in [0.3, 0.4) is 0 Å². The van der Waals surface area contributed by atoms with E-state index in [2.05, 4.69) is 5.32 Å². The van der Waals surface area contributed by atoms with Gasteiger partial charge in [-0.3, -0.25) is 13.9 Å². The van der Waals surface area contributed by atoms with Crippen molar-refractivity contribution in [2.75, 3.05) is 25.0 Å². The molecule has 1 unspecified atom stereocenters. The summed E-state index contributed by atoms with van der Waals surface area (Å²) in [6.07, 6.45) is 0.347. The number of sulfonamides is 1. The fourth-order valence-corrected chi connectivity index (χ4v) is 5.72. The first-order chi connectivity index (χ1) is 18.1. The SMILES string of the molecule is CCC(C(=O)NC)N(Cc1cccc(C)c1)C(=O)CN(c1cccc(Cl)c1)S(=O)(=O)c1ccc(OC)cc1. The van der Waals surface area contributed by atoms with Gasteiger partial charge in [0.05, 0.1) is 17.7 Å². The molecular weight excluding hydrogens is 526 g/mol. The highest BCUT2D eigenvalue weighted by molar-refractivity contribution is 7.92. The first-order valence-electron chi connectivity index (χ1n) is 12.1. The lowest BCUT2D eigenvalue weighted by molar-refractivity contribution is -0.140. The van der Waals surface area contributed by atoms with Crippen molar-refractivity contribution in [3.05, 3.63) is 88.9 Å². The number of halogens is 1. The van der Waals surface area contributed by atoms with Crippen molar-refractivity contribution < 1.29 is 22.7 Å². The van der Waals surface area contributed by atoms with E-state index in [9.17, 15) is 18.0 Å². The third-order valence-corrected chi connectivity index (χ3v) is 8.11. The fourth-order valence-electron chi connectivity index (χ4n) is 4.13. The van der Waals surface area contributed by atoms with Crippen molar-refractivity contribution >= 4 is 39.1 Å². The van der Waals surface area contributed by atoms with Gasteiger partial charge in [-0.15, -0.1) is 0 Å². The van der Waals surface area contributed by atoms with Gasteiger partial charge >= 0.3 is 0 Å². The van der Waals surface area contributed by atoms with Crippen LogP contribution in [-0.4, -0.2) is 51.9 Å². The molecule has 0 bridgehead atoms. The van der Waals surface area contributed by atoms with Gasteiger partial charge in [0.2, 0.25) is 11.8 Å². The van der Waals surface area contributed by atoms with Crippen molar-refractivity contribution in [2.24, 2.45) is 0 Å². The van der Waals surface area contributed by atoms with Gasteiger partial charge in [-0.1, -0.05) is 54.4 Å². The minimum Gasteiger partial charge on any atom is -0.497 e. The second kappa shape index (κ2) is 12.8. The number of aryl methyl sites for hydroxylation is 1. The van der Waals surface area contributed by atoms with Crippen molar-refractivity contribution in [3.63, 3.8) is 0 Å². The monoisotopic (exact) mass is 557 g/mol. The molecule has 1 N–H and O–H groups in total. The number of benzene rings is 3. The van der Waals surface area contributed by atoms with E-state index >= 15 is 0 Å². The molecule has 0 fully saturated rings. The van der Waals surface area contributed by atoms with E-state index in [4.69, 9.17) is 16.3 Å². The van der Waals surface area contributed by atoms with Gasteiger partial charge in [0.1, 0.15) is 18.3 Å². The van der Waals surface area contributed by atoms with Crippen LogP contribution in [0.5, 0.6) is 5.75 Å². The molecule has 0 aliphatic carbocycles. The molecular formula is C28H32ClN3O5S. The fraction of sp³-hybridized carbons (Fsp3) is 0.286. The lowest BCUT2D eigenvalue weighted by Gasteiger charge is -2.33. The highest BCUT2D eigenvalue weighted by Crippen LogP contribution is 2.28. The molecule has 0 saturated carbocycles. The Bertz CT molecular complexity index is 1380. The average molecular weight is 558 g/mol. The highest BCUT2D eigenvalue weighted by atomic mass is 35.5. The number of nitrogens with one attached hydrogen (secondary N) is 1. The predicted molar refractivity (Wildman–Crippen MR) is 149 cm³/mol. The van der Waals surface area contributed by atoms with Crippen molar-refractivity contribution in [1.82, 2.24) is 10.2 Å². The predicted octanol–water partition coefficient (Wildman–Crippen LogP) is 4.41. The Labute approximate surface area is 229 Å². The number of nitrogens with zero attached hydrogens (tertiary/aromatic N) is 2. The van der Waals surface area contributed by atoms with Crippen molar-refractivity contribution in [3.8, 4) is 5.75 Å². The molecule has 0 aliphatic rings. The summed E-state index contributed by atoms with van der Waals surface area (Å²) in [6, 6.07) is 19.0. The third-order valence-electron chi connectivity index (χ3n) is 6.09. The first kappa shape index (κ1) is 29.0. The molecule has 202 valence electrons. The summed E-state index contributed by atoms with van der Waals surface area (Å²) in [5, 5.41) is 2.93. The Hall–Kier alpha value is -3.56. The van der Waals surface area contributed by atoms with Gasteiger partial charge in [-0.2, -0.15) is 0 Å². The van der Waals surface area contributed by atoms with Crippen molar-refractivity contribution in [2.45, 2.75) is 37.8 Å². The molecule has 10 heteroatoms. The smallest absolute Gasteiger partial charge is 0.264 e. The van der Waals surface area contributed by atoms with E-state index in [0.717, 1.165) is 15.4 Å². The van der Waals surface area contributed by atoms with Crippen LogP contribution >= 0.6 is 11.6 Å². The molecule has 3 aromatic carbocycles. The van der Waals surface area contributed by atoms with Crippen LogP contribution < -0.4 is 14.4 Å². The van der Waals surface area contributed by atoms with Crippen LogP contribution in [0.4, 0.5) is 5.69 Å². The van der Waals surface area contributed by atoms with Crippen LogP contribution in [0.25, 0.3) is 0 Å². The van der Waals surface area contributed by atoms with E-state index < -0.39 is 28.5 Å². The zero-order chi connectivity index (χ0) is 27.9. The molecule has 0 spiro atoms. The molecule has 0 radical (unpaired) electrons. The Morgan fingerprint density at radius 3 is 2.29 bits per heavy atom. The zero-order valence-electron chi connectivity index (χ0n) is 21.8. The topological polar surface area (TPSA) is 96.0 Å². The number of carbonyl (C=O) groups is 2. The molecule has 1 atom stereocenters. The number of methoxy groups -OCH3 is 1. The van der Waals surface area contributed by atoms with Crippen LogP contribution in [0.1, 0.15) is 24.5 Å². The number of ether oxygens (including phenoxy) is 1. The van der Waals surface area contributed by atoms with Crippen molar-refractivity contribution in [1.29, 1.82) is 0 Å². The lowest BCUT2D eigenvalue weighted by Crippen LogP contribution is -2.51. The van der Waals surface area contributed by atoms with Crippen LogP contribution in [0, 0.1) is 6.92 Å². The minimum absolute atomic E-state index is 0.0188. The van der Waals surface area contributed by atoms with Gasteiger partial charge in [0, 0.05) is 18.6 Å². The molecule has 38 heavy (non-hydrogen) atoms. The Morgan fingerprint density at radius 1 is 1.03 bits per heavy atom. The normalized spacial score (nSPS) is 11.9. The summed E-state index contributed by atoms with van der Waals surface area (Å²) in [7, 11) is -1.20. The maximum absolute atomic E-state index is 13.9. The third kappa shape index (κ3) is 6.85. The van der Waals surface area contributed by atoms with Crippen LogP contribution in [0.15, 0.2) is 77.7 Å². The summed E-state index contributed by atoms with van der Waals surface area (Å²) in [4.78, 5) is 28.1. The Balaban J connectivity index is 2.06. The van der Waals surface area contributed by atoms with E-state index in [1.54, 1.807) is 25.1 Å². The number of likely N-dealkylation sites (N-methyl/N-ethyl adjacent to an activating group) is 1. The van der Waals surface area contributed by atoms with Crippen LogP contribution in [0.2, 0.25) is 5.02 Å². The molecule has 2 amide bonds. The van der Waals surface area contributed by atoms with Gasteiger partial charge in [0.25, 0.3) is 10.0 Å². The van der Waals surface area contributed by atoms with Gasteiger partial charge < -0.3 is 15.0 Å². The Kier molecular flexibility index (Phi) is 9.77. The molecule has 8 nitrogen and oxygen atoms in total.